The van der Waals surface area contributed by atoms with Crippen molar-refractivity contribution in [2.45, 2.75) is 25.4 Å². The molecule has 0 aliphatic carbocycles. The van der Waals surface area contributed by atoms with E-state index in [1.54, 1.807) is 18.2 Å². The van der Waals surface area contributed by atoms with Gasteiger partial charge in [-0.3, -0.25) is 4.79 Å². The molecule has 3 N–H and O–H groups in total. The van der Waals surface area contributed by atoms with Crippen LogP contribution in [-0.2, 0) is 11.3 Å². The van der Waals surface area contributed by atoms with Crippen LogP contribution < -0.4 is 11.0 Å². The van der Waals surface area contributed by atoms with Crippen molar-refractivity contribution in [1.29, 1.82) is 0 Å². The molecule has 0 saturated carbocycles. The molecule has 0 bridgehead atoms. The lowest BCUT2D eigenvalue weighted by Crippen LogP contribution is -2.42. The van der Waals surface area contributed by atoms with Crippen molar-refractivity contribution in [3.8, 4) is 0 Å². The van der Waals surface area contributed by atoms with Gasteiger partial charge in [-0.05, 0) is 36.2 Å². The average molecular weight is 347 g/mol. The van der Waals surface area contributed by atoms with Crippen molar-refractivity contribution in [2.24, 2.45) is 4.99 Å². The van der Waals surface area contributed by atoms with Gasteiger partial charge < -0.3 is 20.2 Å². The molecule has 1 aromatic heterocycles. The predicted octanol–water partition coefficient (Wildman–Crippen LogP) is 2.50. The van der Waals surface area contributed by atoms with E-state index in [2.05, 4.69) is 26.3 Å². The number of aliphatic imine (C=N–C) groups is 1. The van der Waals surface area contributed by atoms with Crippen LogP contribution in [-0.4, -0.2) is 32.7 Å². The van der Waals surface area contributed by atoms with E-state index in [1.165, 1.54) is 0 Å². The van der Waals surface area contributed by atoms with E-state index in [9.17, 15) is 9.59 Å². The molecule has 2 aliphatic heterocycles. The number of hydrogen-bond acceptors (Lipinski definition) is 4. The number of aromatic amines is 2. The fourth-order valence-electron chi connectivity index (χ4n) is 3.75. The molecule has 0 radical (unpaired) electrons. The molecular weight excluding hydrogens is 330 g/mol. The maximum Gasteiger partial charge on any atom is 0.323 e. The Morgan fingerprint density at radius 2 is 2.00 bits per heavy atom. The summed E-state index contributed by atoms with van der Waals surface area (Å²) >= 11 is 0. The Bertz CT molecular complexity index is 1110. The first-order chi connectivity index (χ1) is 12.7. The van der Waals surface area contributed by atoms with Crippen LogP contribution in [0.1, 0.15) is 18.4 Å². The summed E-state index contributed by atoms with van der Waals surface area (Å²) in [5.74, 6) is 0.932. The quantitative estimate of drug-likeness (QED) is 0.665. The van der Waals surface area contributed by atoms with Gasteiger partial charge in [-0.2, -0.15) is 0 Å². The number of H-pyrrole nitrogens is 2. The second kappa shape index (κ2) is 5.59. The van der Waals surface area contributed by atoms with Gasteiger partial charge in [0.25, 0.3) is 0 Å². The zero-order chi connectivity index (χ0) is 17.7. The number of hydrogen-bond donors (Lipinski definition) is 3. The average Bonchev–Trinajstić information content (AvgIpc) is 3.21. The van der Waals surface area contributed by atoms with Gasteiger partial charge in [0.15, 0.2) is 0 Å². The number of carbonyl (C=O) groups is 1. The number of carbonyl (C=O) groups excluding carboxylic acids is 1. The number of amides is 1. The van der Waals surface area contributed by atoms with E-state index < -0.39 is 0 Å². The second-order valence-electron chi connectivity index (χ2n) is 6.67. The highest BCUT2D eigenvalue weighted by Gasteiger charge is 2.36. The minimum absolute atomic E-state index is 0.0492. The summed E-state index contributed by atoms with van der Waals surface area (Å²) < 4.78 is 0. The minimum atomic E-state index is -0.257. The molecule has 1 fully saturated rings. The van der Waals surface area contributed by atoms with Gasteiger partial charge in [-0.25, -0.2) is 9.79 Å². The van der Waals surface area contributed by atoms with Gasteiger partial charge in [0, 0.05) is 18.7 Å². The summed E-state index contributed by atoms with van der Waals surface area (Å²) in [6, 6.07) is 13.2. The lowest BCUT2D eigenvalue weighted by Gasteiger charge is -2.29. The molecule has 1 amide bonds. The number of imidazole rings is 1. The third-order valence-corrected chi connectivity index (χ3v) is 5.02. The zero-order valence-corrected chi connectivity index (χ0v) is 14.0. The Morgan fingerprint density at radius 3 is 2.92 bits per heavy atom. The molecule has 26 heavy (non-hydrogen) atoms. The highest BCUT2D eigenvalue weighted by molar-refractivity contribution is 6.01. The van der Waals surface area contributed by atoms with Gasteiger partial charge in [0.1, 0.15) is 11.9 Å². The SMILES string of the molecule is O=C(Nc1ccc2[nH]c(=O)[nH]c2c1)[C@@H]1CCC2=Nc3ccccc3CN21. The van der Waals surface area contributed by atoms with Crippen LogP contribution >= 0.6 is 0 Å². The molecule has 3 aromatic rings. The standard InChI is InChI=1S/C19H17N5O2/c25-18(20-12-5-6-14-15(9-12)23-19(26)22-14)16-7-8-17-21-13-4-2-1-3-11(13)10-24(16)17/h1-6,9,16H,7-8,10H2,(H,20,25)(H2,22,23,26)/t16-/m0/s1. The fraction of sp³-hybridized carbons (Fsp3) is 0.211. The molecule has 2 aromatic carbocycles. The Labute approximate surface area is 148 Å². The number of nitrogens with zero attached hydrogens (tertiary/aromatic N) is 2. The van der Waals surface area contributed by atoms with Gasteiger partial charge in [-0.15, -0.1) is 0 Å². The van der Waals surface area contributed by atoms with Crippen molar-refractivity contribution < 1.29 is 4.79 Å². The molecular formula is C19H17N5O2. The van der Waals surface area contributed by atoms with E-state index in [0.717, 1.165) is 35.4 Å². The molecule has 7 nitrogen and oxygen atoms in total. The van der Waals surface area contributed by atoms with Crippen LogP contribution in [0.15, 0.2) is 52.3 Å². The summed E-state index contributed by atoms with van der Waals surface area (Å²) in [7, 11) is 0. The largest absolute Gasteiger partial charge is 0.344 e. The topological polar surface area (TPSA) is 93.3 Å². The first-order valence-corrected chi connectivity index (χ1v) is 8.62. The Morgan fingerprint density at radius 1 is 1.15 bits per heavy atom. The van der Waals surface area contributed by atoms with Crippen LogP contribution in [0.3, 0.4) is 0 Å². The fourth-order valence-corrected chi connectivity index (χ4v) is 3.75. The van der Waals surface area contributed by atoms with Gasteiger partial charge in [0.2, 0.25) is 5.91 Å². The monoisotopic (exact) mass is 347 g/mol. The first kappa shape index (κ1) is 14.9. The van der Waals surface area contributed by atoms with Crippen molar-refractivity contribution in [1.82, 2.24) is 14.9 Å². The number of para-hydroxylation sites is 1. The Balaban J connectivity index is 1.38. The first-order valence-electron chi connectivity index (χ1n) is 8.62. The van der Waals surface area contributed by atoms with E-state index in [-0.39, 0.29) is 17.6 Å². The van der Waals surface area contributed by atoms with E-state index >= 15 is 0 Å². The molecule has 130 valence electrons. The lowest BCUT2D eigenvalue weighted by atomic mass is 10.1. The number of benzene rings is 2. The highest BCUT2D eigenvalue weighted by Crippen LogP contribution is 2.33. The van der Waals surface area contributed by atoms with Crippen molar-refractivity contribution >= 4 is 34.2 Å². The molecule has 7 heteroatoms. The number of amidine groups is 1. The van der Waals surface area contributed by atoms with E-state index in [1.807, 2.05) is 18.2 Å². The van der Waals surface area contributed by atoms with E-state index in [0.29, 0.717) is 17.7 Å². The third-order valence-electron chi connectivity index (χ3n) is 5.02. The van der Waals surface area contributed by atoms with Crippen LogP contribution in [0, 0.1) is 0 Å². The second-order valence-corrected chi connectivity index (χ2v) is 6.67. The van der Waals surface area contributed by atoms with Gasteiger partial charge >= 0.3 is 5.69 Å². The van der Waals surface area contributed by atoms with Crippen LogP contribution in [0.4, 0.5) is 11.4 Å². The van der Waals surface area contributed by atoms with Crippen LogP contribution in [0.5, 0.6) is 0 Å². The number of rotatable bonds is 2. The Kier molecular flexibility index (Phi) is 3.21. The van der Waals surface area contributed by atoms with E-state index in [4.69, 9.17) is 4.99 Å². The molecule has 0 spiro atoms. The zero-order valence-electron chi connectivity index (χ0n) is 14.0. The summed E-state index contributed by atoms with van der Waals surface area (Å²) in [6.07, 6.45) is 1.55. The lowest BCUT2D eigenvalue weighted by molar-refractivity contribution is -0.119. The normalized spacial score (nSPS) is 18.4. The Hall–Kier alpha value is -3.35. The smallest absolute Gasteiger partial charge is 0.323 e. The number of nitrogens with one attached hydrogen (secondary N) is 3. The maximum absolute atomic E-state index is 12.8. The molecule has 0 unspecified atom stereocenters. The van der Waals surface area contributed by atoms with Crippen molar-refractivity contribution in [3.05, 3.63) is 58.5 Å². The van der Waals surface area contributed by atoms with Crippen molar-refractivity contribution in [3.63, 3.8) is 0 Å². The summed E-state index contributed by atoms with van der Waals surface area (Å²) in [6.45, 7) is 0.706. The molecule has 1 atom stereocenters. The molecule has 1 saturated heterocycles. The highest BCUT2D eigenvalue weighted by atomic mass is 16.2. The molecule has 3 heterocycles. The number of anilines is 1. The number of aromatic nitrogens is 2. The summed E-state index contributed by atoms with van der Waals surface area (Å²) in [5.41, 5.74) is 3.95. The minimum Gasteiger partial charge on any atom is -0.344 e. The molecule has 2 aliphatic rings. The predicted molar refractivity (Wildman–Crippen MR) is 99.7 cm³/mol. The van der Waals surface area contributed by atoms with Gasteiger partial charge in [-0.1, -0.05) is 18.2 Å². The summed E-state index contributed by atoms with van der Waals surface area (Å²) in [5, 5.41) is 2.97. The molecule has 5 rings (SSSR count). The number of fused-ring (bicyclic) bond motifs is 3. The maximum atomic E-state index is 12.8. The van der Waals surface area contributed by atoms with Gasteiger partial charge in [0.05, 0.1) is 16.7 Å². The third kappa shape index (κ3) is 2.40. The van der Waals surface area contributed by atoms with Crippen LogP contribution in [0.25, 0.3) is 11.0 Å². The van der Waals surface area contributed by atoms with Crippen molar-refractivity contribution in [2.75, 3.05) is 5.32 Å². The van der Waals surface area contributed by atoms with Crippen LogP contribution in [0.2, 0.25) is 0 Å². The summed E-state index contributed by atoms with van der Waals surface area (Å²) in [4.78, 5) is 36.4.